The molecule has 1 aromatic heterocycles. The minimum absolute atomic E-state index is 0.195. The zero-order chi connectivity index (χ0) is 20.1. The van der Waals surface area contributed by atoms with E-state index in [0.29, 0.717) is 42.1 Å². The van der Waals surface area contributed by atoms with E-state index in [0.717, 1.165) is 11.1 Å². The molecule has 1 aliphatic heterocycles. The van der Waals surface area contributed by atoms with Gasteiger partial charge < -0.3 is 23.9 Å². The number of carbonyl (C=O) groups is 1. The van der Waals surface area contributed by atoms with Crippen LogP contribution in [0.15, 0.2) is 59.2 Å². The van der Waals surface area contributed by atoms with Gasteiger partial charge in [0.25, 0.3) is 0 Å². The molecule has 2 aromatic carbocycles. The van der Waals surface area contributed by atoms with Gasteiger partial charge in [-0.3, -0.25) is 4.79 Å². The lowest BCUT2D eigenvalue weighted by molar-refractivity contribution is -0.116. The number of nitrogens with zero attached hydrogens (tertiary/aromatic N) is 1. The summed E-state index contributed by atoms with van der Waals surface area (Å²) in [4.78, 5) is 16.4. The van der Waals surface area contributed by atoms with Crippen molar-refractivity contribution in [1.29, 1.82) is 0 Å². The van der Waals surface area contributed by atoms with Gasteiger partial charge in [-0.25, -0.2) is 4.98 Å². The van der Waals surface area contributed by atoms with Crippen molar-refractivity contribution in [2.24, 2.45) is 0 Å². The highest BCUT2D eigenvalue weighted by Crippen LogP contribution is 2.40. The first-order valence-corrected chi connectivity index (χ1v) is 9.16. The molecule has 0 aliphatic carbocycles. The smallest absolute Gasteiger partial charge is 0.244 e. The van der Waals surface area contributed by atoms with Gasteiger partial charge in [-0.05, 0) is 23.8 Å². The van der Waals surface area contributed by atoms with Gasteiger partial charge in [-0.2, -0.15) is 0 Å². The van der Waals surface area contributed by atoms with Gasteiger partial charge in [0.1, 0.15) is 13.2 Å². The molecule has 148 valence electrons. The molecule has 0 bridgehead atoms. The summed E-state index contributed by atoms with van der Waals surface area (Å²) < 4.78 is 22.2. The molecule has 0 fully saturated rings. The summed E-state index contributed by atoms with van der Waals surface area (Å²) in [6.07, 6.45) is 4.76. The third-order valence-corrected chi connectivity index (χ3v) is 4.30. The number of fused-ring (bicyclic) bond motifs is 1. The first-order valence-electron chi connectivity index (χ1n) is 9.16. The molecule has 0 saturated heterocycles. The number of aromatic nitrogens is 1. The van der Waals surface area contributed by atoms with E-state index in [4.69, 9.17) is 18.6 Å². The first kappa shape index (κ1) is 18.6. The van der Waals surface area contributed by atoms with Crippen molar-refractivity contribution in [2.75, 3.05) is 20.3 Å². The van der Waals surface area contributed by atoms with Gasteiger partial charge in [0.05, 0.1) is 19.9 Å². The molecule has 29 heavy (non-hydrogen) atoms. The number of methoxy groups -OCH3 is 1. The summed E-state index contributed by atoms with van der Waals surface area (Å²) in [6.45, 7) is 1.15. The van der Waals surface area contributed by atoms with Crippen LogP contribution in [-0.4, -0.2) is 31.2 Å². The molecule has 4 rings (SSSR count). The zero-order valence-corrected chi connectivity index (χ0v) is 15.9. The Morgan fingerprint density at radius 1 is 1.21 bits per heavy atom. The van der Waals surface area contributed by atoms with Crippen LogP contribution >= 0.6 is 0 Å². The number of benzene rings is 2. The summed E-state index contributed by atoms with van der Waals surface area (Å²) in [7, 11) is 1.56. The van der Waals surface area contributed by atoms with Crippen LogP contribution in [0.4, 0.5) is 0 Å². The molecule has 2 heterocycles. The van der Waals surface area contributed by atoms with E-state index in [1.807, 2.05) is 30.3 Å². The van der Waals surface area contributed by atoms with Gasteiger partial charge in [0.15, 0.2) is 17.3 Å². The molecule has 0 unspecified atom stereocenters. The van der Waals surface area contributed by atoms with E-state index in [-0.39, 0.29) is 12.5 Å². The quantitative estimate of drug-likeness (QED) is 0.647. The normalized spacial score (nSPS) is 12.7. The largest absolute Gasteiger partial charge is 0.493 e. The molecule has 3 aromatic rings. The molecule has 1 amide bonds. The molecule has 0 saturated carbocycles. The molecule has 0 spiro atoms. The minimum Gasteiger partial charge on any atom is -0.493 e. The second kappa shape index (κ2) is 8.52. The highest BCUT2D eigenvalue weighted by Gasteiger charge is 2.17. The van der Waals surface area contributed by atoms with Gasteiger partial charge in [-0.1, -0.05) is 30.3 Å². The Balaban J connectivity index is 1.38. The highest BCUT2D eigenvalue weighted by molar-refractivity contribution is 5.91. The summed E-state index contributed by atoms with van der Waals surface area (Å²) in [5, 5.41) is 2.76. The Bertz CT molecular complexity index is 1010. The number of carbonyl (C=O) groups excluding carboxylic acids is 1. The fourth-order valence-corrected chi connectivity index (χ4v) is 2.91. The van der Waals surface area contributed by atoms with Crippen molar-refractivity contribution in [3.63, 3.8) is 0 Å². The van der Waals surface area contributed by atoms with Crippen LogP contribution in [0.1, 0.15) is 11.5 Å². The standard InChI is InChI=1S/C22H20N2O5/c1-26-17-11-15(12-18-22(17)28-10-9-27-18)7-8-20(25)23-14-21-24-13-19(29-21)16-5-3-2-4-6-16/h2-8,11-13H,9-10,14H2,1H3,(H,23,25). The molecule has 1 aliphatic rings. The van der Waals surface area contributed by atoms with E-state index in [1.165, 1.54) is 6.08 Å². The topological polar surface area (TPSA) is 82.8 Å². The van der Waals surface area contributed by atoms with Crippen LogP contribution in [0.2, 0.25) is 0 Å². The van der Waals surface area contributed by atoms with Crippen molar-refractivity contribution < 1.29 is 23.4 Å². The van der Waals surface area contributed by atoms with Crippen molar-refractivity contribution in [3.8, 4) is 28.6 Å². The third-order valence-electron chi connectivity index (χ3n) is 4.30. The molecule has 7 nitrogen and oxygen atoms in total. The van der Waals surface area contributed by atoms with Crippen molar-refractivity contribution in [2.45, 2.75) is 6.54 Å². The van der Waals surface area contributed by atoms with Crippen LogP contribution in [-0.2, 0) is 11.3 Å². The first-order chi connectivity index (χ1) is 14.2. The number of amides is 1. The average molecular weight is 392 g/mol. The Morgan fingerprint density at radius 3 is 2.86 bits per heavy atom. The minimum atomic E-state index is -0.265. The summed E-state index contributed by atoms with van der Waals surface area (Å²) in [5.41, 5.74) is 1.70. The molecule has 7 heteroatoms. The van der Waals surface area contributed by atoms with Crippen molar-refractivity contribution in [1.82, 2.24) is 10.3 Å². The average Bonchev–Trinajstić information content (AvgIpc) is 3.25. The van der Waals surface area contributed by atoms with Gasteiger partial charge in [0.2, 0.25) is 17.5 Å². The zero-order valence-electron chi connectivity index (χ0n) is 15.9. The fraction of sp³-hybridized carbons (Fsp3) is 0.182. The lowest BCUT2D eigenvalue weighted by Gasteiger charge is -2.20. The fourth-order valence-electron chi connectivity index (χ4n) is 2.91. The van der Waals surface area contributed by atoms with Crippen LogP contribution in [0.25, 0.3) is 17.4 Å². The summed E-state index contributed by atoms with van der Waals surface area (Å²) in [5.74, 6) is 2.58. The predicted molar refractivity (Wildman–Crippen MR) is 107 cm³/mol. The Labute approximate surface area is 167 Å². The predicted octanol–water partition coefficient (Wildman–Crippen LogP) is 3.45. The van der Waals surface area contributed by atoms with E-state index in [2.05, 4.69) is 10.3 Å². The molecule has 1 N–H and O–H groups in total. The number of hydrogen-bond donors (Lipinski definition) is 1. The maximum absolute atomic E-state index is 12.2. The molecule has 0 atom stereocenters. The third kappa shape index (κ3) is 4.40. The number of hydrogen-bond acceptors (Lipinski definition) is 6. The van der Waals surface area contributed by atoms with Crippen LogP contribution in [0, 0.1) is 0 Å². The second-order valence-electron chi connectivity index (χ2n) is 6.28. The number of nitrogens with one attached hydrogen (secondary N) is 1. The maximum atomic E-state index is 12.2. The number of rotatable bonds is 6. The van der Waals surface area contributed by atoms with Crippen molar-refractivity contribution >= 4 is 12.0 Å². The lowest BCUT2D eigenvalue weighted by atomic mass is 10.1. The maximum Gasteiger partial charge on any atom is 0.244 e. The van der Waals surface area contributed by atoms with Crippen LogP contribution in [0.5, 0.6) is 17.2 Å². The van der Waals surface area contributed by atoms with E-state index < -0.39 is 0 Å². The van der Waals surface area contributed by atoms with Crippen LogP contribution in [0.3, 0.4) is 0 Å². The van der Waals surface area contributed by atoms with Gasteiger partial charge in [-0.15, -0.1) is 0 Å². The Morgan fingerprint density at radius 2 is 2.03 bits per heavy atom. The van der Waals surface area contributed by atoms with Crippen molar-refractivity contribution in [3.05, 3.63) is 66.2 Å². The molecular formula is C22H20N2O5. The van der Waals surface area contributed by atoms with E-state index in [9.17, 15) is 4.79 Å². The number of ether oxygens (including phenoxy) is 3. The second-order valence-corrected chi connectivity index (χ2v) is 6.28. The highest BCUT2D eigenvalue weighted by atomic mass is 16.6. The number of oxazole rings is 1. The Hall–Kier alpha value is -3.74. The molecular weight excluding hydrogens is 372 g/mol. The van der Waals surface area contributed by atoms with Gasteiger partial charge in [0, 0.05) is 11.6 Å². The van der Waals surface area contributed by atoms with E-state index >= 15 is 0 Å². The van der Waals surface area contributed by atoms with Gasteiger partial charge >= 0.3 is 0 Å². The summed E-state index contributed by atoms with van der Waals surface area (Å²) in [6, 6.07) is 13.3. The lowest BCUT2D eigenvalue weighted by Crippen LogP contribution is -2.20. The Kier molecular flexibility index (Phi) is 5.47. The SMILES string of the molecule is COc1cc(C=CC(=O)NCc2ncc(-c3ccccc3)o2)cc2c1OCCO2. The monoisotopic (exact) mass is 392 g/mol. The molecule has 0 radical (unpaired) electrons. The van der Waals surface area contributed by atoms with Crippen LogP contribution < -0.4 is 19.5 Å². The van der Waals surface area contributed by atoms with E-state index in [1.54, 1.807) is 31.5 Å². The summed E-state index contributed by atoms with van der Waals surface area (Å²) >= 11 is 0.